The van der Waals surface area contributed by atoms with Crippen molar-refractivity contribution in [3.63, 3.8) is 0 Å². The zero-order chi connectivity index (χ0) is 9.26. The number of aromatic nitrogens is 2. The van der Waals surface area contributed by atoms with E-state index in [4.69, 9.17) is 11.0 Å². The predicted molar refractivity (Wildman–Crippen MR) is 51.2 cm³/mol. The Bertz CT molecular complexity index is 367. The Morgan fingerprint density at radius 3 is 2.85 bits per heavy atom. The molecule has 1 fully saturated rings. The third-order valence-electron chi connectivity index (χ3n) is 1.96. The van der Waals surface area contributed by atoms with Crippen LogP contribution in [0.25, 0.3) is 0 Å². The van der Waals surface area contributed by atoms with Crippen molar-refractivity contribution in [1.29, 1.82) is 5.26 Å². The third-order valence-corrected chi connectivity index (χ3v) is 3.24. The standard InChI is InChI=1S/C8H8N4S/c9-1-5-2-11-8(12-7(5)10)6-3-13-4-6/h2,6H,3-4H2,(H2,10,11,12). The average molecular weight is 192 g/mol. The molecular formula is C8H8N4S. The van der Waals surface area contributed by atoms with Crippen LogP contribution >= 0.6 is 11.8 Å². The Morgan fingerprint density at radius 2 is 2.38 bits per heavy atom. The first-order chi connectivity index (χ1) is 6.31. The lowest BCUT2D eigenvalue weighted by molar-refractivity contribution is 0.764. The van der Waals surface area contributed by atoms with Crippen LogP contribution in [0, 0.1) is 11.3 Å². The van der Waals surface area contributed by atoms with Gasteiger partial charge in [-0.1, -0.05) is 0 Å². The highest BCUT2D eigenvalue weighted by molar-refractivity contribution is 8.00. The molecule has 0 atom stereocenters. The molecule has 1 aliphatic rings. The monoisotopic (exact) mass is 192 g/mol. The molecule has 1 aromatic rings. The normalized spacial score (nSPS) is 16.2. The van der Waals surface area contributed by atoms with E-state index in [0.717, 1.165) is 17.3 Å². The van der Waals surface area contributed by atoms with Gasteiger partial charge >= 0.3 is 0 Å². The summed E-state index contributed by atoms with van der Waals surface area (Å²) in [6.07, 6.45) is 1.50. The van der Waals surface area contributed by atoms with Gasteiger partial charge in [0, 0.05) is 17.4 Å². The molecule has 0 aromatic carbocycles. The van der Waals surface area contributed by atoms with Crippen molar-refractivity contribution in [3.8, 4) is 6.07 Å². The van der Waals surface area contributed by atoms with Gasteiger partial charge in [-0.2, -0.15) is 17.0 Å². The lowest BCUT2D eigenvalue weighted by atomic mass is 10.2. The highest BCUT2D eigenvalue weighted by atomic mass is 32.2. The van der Waals surface area contributed by atoms with Gasteiger partial charge in [-0.15, -0.1) is 0 Å². The van der Waals surface area contributed by atoms with E-state index in [1.54, 1.807) is 0 Å². The molecule has 13 heavy (non-hydrogen) atoms. The topological polar surface area (TPSA) is 75.6 Å². The minimum absolute atomic E-state index is 0.296. The van der Waals surface area contributed by atoms with Gasteiger partial charge < -0.3 is 5.73 Å². The van der Waals surface area contributed by atoms with Gasteiger partial charge in [0.1, 0.15) is 23.3 Å². The molecule has 66 valence electrons. The molecule has 4 nitrogen and oxygen atoms in total. The minimum Gasteiger partial charge on any atom is -0.382 e. The number of hydrogen-bond acceptors (Lipinski definition) is 5. The Kier molecular flexibility index (Phi) is 2.07. The number of nitrogens with two attached hydrogens (primary N) is 1. The van der Waals surface area contributed by atoms with Crippen molar-refractivity contribution in [2.24, 2.45) is 0 Å². The Labute approximate surface area is 80.2 Å². The molecule has 2 heterocycles. The van der Waals surface area contributed by atoms with Gasteiger partial charge in [0.25, 0.3) is 0 Å². The van der Waals surface area contributed by atoms with E-state index < -0.39 is 0 Å². The van der Waals surface area contributed by atoms with Crippen LogP contribution in [0.2, 0.25) is 0 Å². The summed E-state index contributed by atoms with van der Waals surface area (Å²) in [6.45, 7) is 0. The second kappa shape index (κ2) is 3.23. The summed E-state index contributed by atoms with van der Waals surface area (Å²) in [5.41, 5.74) is 5.93. The van der Waals surface area contributed by atoms with Crippen molar-refractivity contribution >= 4 is 17.6 Å². The van der Waals surface area contributed by atoms with Crippen molar-refractivity contribution in [3.05, 3.63) is 17.6 Å². The van der Waals surface area contributed by atoms with Crippen LogP contribution in [0.3, 0.4) is 0 Å². The molecule has 1 aromatic heterocycles. The molecule has 1 saturated heterocycles. The first-order valence-electron chi connectivity index (χ1n) is 3.91. The van der Waals surface area contributed by atoms with Crippen LogP contribution in [0.5, 0.6) is 0 Å². The van der Waals surface area contributed by atoms with Crippen LogP contribution in [-0.4, -0.2) is 21.5 Å². The maximum atomic E-state index is 8.60. The smallest absolute Gasteiger partial charge is 0.145 e. The summed E-state index contributed by atoms with van der Waals surface area (Å²) in [4.78, 5) is 8.20. The predicted octanol–water partition coefficient (Wildman–Crippen LogP) is 0.761. The van der Waals surface area contributed by atoms with Crippen molar-refractivity contribution < 1.29 is 0 Å². The summed E-state index contributed by atoms with van der Waals surface area (Å²) in [7, 11) is 0. The zero-order valence-corrected chi connectivity index (χ0v) is 7.71. The van der Waals surface area contributed by atoms with Crippen molar-refractivity contribution in [1.82, 2.24) is 9.97 Å². The molecule has 0 saturated carbocycles. The summed E-state index contributed by atoms with van der Waals surface area (Å²) in [6, 6.07) is 1.94. The number of nitrogen functional groups attached to an aromatic ring is 1. The molecule has 0 unspecified atom stereocenters. The first-order valence-corrected chi connectivity index (χ1v) is 5.07. The molecule has 0 spiro atoms. The number of thioether (sulfide) groups is 1. The Balaban J connectivity index is 2.30. The molecule has 2 N–H and O–H groups in total. The number of nitriles is 1. The molecule has 0 radical (unpaired) electrons. The summed E-state index contributed by atoms with van der Waals surface area (Å²) in [5, 5.41) is 8.60. The molecule has 5 heteroatoms. The fourth-order valence-electron chi connectivity index (χ4n) is 1.08. The van der Waals surface area contributed by atoms with Crippen LogP contribution in [0.1, 0.15) is 17.3 Å². The van der Waals surface area contributed by atoms with Gasteiger partial charge in [-0.3, -0.25) is 0 Å². The fourth-order valence-corrected chi connectivity index (χ4v) is 1.85. The van der Waals surface area contributed by atoms with E-state index in [2.05, 4.69) is 9.97 Å². The van der Waals surface area contributed by atoms with Crippen LogP contribution in [0.15, 0.2) is 6.20 Å². The van der Waals surface area contributed by atoms with E-state index >= 15 is 0 Å². The summed E-state index contributed by atoms with van der Waals surface area (Å²) < 4.78 is 0. The number of anilines is 1. The quantitative estimate of drug-likeness (QED) is 0.711. The lowest BCUT2D eigenvalue weighted by Crippen LogP contribution is -2.19. The number of hydrogen-bond donors (Lipinski definition) is 1. The van der Waals surface area contributed by atoms with E-state index in [1.807, 2.05) is 17.8 Å². The highest BCUT2D eigenvalue weighted by Gasteiger charge is 2.23. The van der Waals surface area contributed by atoms with Crippen LogP contribution in [-0.2, 0) is 0 Å². The molecule has 0 bridgehead atoms. The molecule has 1 aliphatic heterocycles. The van der Waals surface area contributed by atoms with E-state index in [9.17, 15) is 0 Å². The minimum atomic E-state index is 0.296. The fraction of sp³-hybridized carbons (Fsp3) is 0.375. The molecule has 0 amide bonds. The van der Waals surface area contributed by atoms with Crippen molar-refractivity contribution in [2.75, 3.05) is 17.2 Å². The van der Waals surface area contributed by atoms with Gasteiger partial charge in [0.2, 0.25) is 0 Å². The summed E-state index contributed by atoms with van der Waals surface area (Å²) >= 11 is 1.87. The van der Waals surface area contributed by atoms with Crippen LogP contribution in [0.4, 0.5) is 5.82 Å². The third kappa shape index (κ3) is 1.45. The van der Waals surface area contributed by atoms with E-state index in [0.29, 0.717) is 17.3 Å². The first kappa shape index (κ1) is 8.32. The van der Waals surface area contributed by atoms with Crippen LogP contribution < -0.4 is 5.73 Å². The SMILES string of the molecule is N#Cc1cnc(C2CSC2)nc1N. The van der Waals surface area contributed by atoms with E-state index in [1.165, 1.54) is 6.20 Å². The lowest BCUT2D eigenvalue weighted by Gasteiger charge is -2.23. The molecule has 2 rings (SSSR count). The maximum absolute atomic E-state index is 8.60. The Morgan fingerprint density at radius 1 is 1.62 bits per heavy atom. The van der Waals surface area contributed by atoms with Gasteiger partial charge in [-0.05, 0) is 0 Å². The van der Waals surface area contributed by atoms with E-state index in [-0.39, 0.29) is 0 Å². The van der Waals surface area contributed by atoms with Crippen molar-refractivity contribution in [2.45, 2.75) is 5.92 Å². The molecule has 0 aliphatic carbocycles. The second-order valence-electron chi connectivity index (χ2n) is 2.87. The number of rotatable bonds is 1. The number of nitrogens with zero attached hydrogens (tertiary/aromatic N) is 3. The summed E-state index contributed by atoms with van der Waals surface area (Å²) in [5.74, 6) is 3.62. The van der Waals surface area contributed by atoms with Gasteiger partial charge in [0.05, 0.1) is 6.20 Å². The highest BCUT2D eigenvalue weighted by Crippen LogP contribution is 2.32. The Hall–Kier alpha value is -1.28. The average Bonchev–Trinajstić information content (AvgIpc) is 2.01. The molecular weight excluding hydrogens is 184 g/mol. The maximum Gasteiger partial charge on any atom is 0.145 e. The zero-order valence-electron chi connectivity index (χ0n) is 6.90. The van der Waals surface area contributed by atoms with Gasteiger partial charge in [0.15, 0.2) is 0 Å². The largest absolute Gasteiger partial charge is 0.382 e. The second-order valence-corrected chi connectivity index (χ2v) is 3.95. The van der Waals surface area contributed by atoms with Gasteiger partial charge in [-0.25, -0.2) is 9.97 Å².